The average molecular weight is 211 g/mol. The molecule has 76 valence electrons. The van der Waals surface area contributed by atoms with E-state index in [1.54, 1.807) is 0 Å². The summed E-state index contributed by atoms with van der Waals surface area (Å²) < 4.78 is 0. The second-order valence-electron chi connectivity index (χ2n) is 3.94. The molecular formula is C11H15ClN2. The van der Waals surface area contributed by atoms with Crippen molar-refractivity contribution < 1.29 is 0 Å². The van der Waals surface area contributed by atoms with Gasteiger partial charge in [-0.05, 0) is 30.5 Å². The lowest BCUT2D eigenvalue weighted by molar-refractivity contribution is 0.291. The molecule has 3 heteroatoms. The van der Waals surface area contributed by atoms with Crippen molar-refractivity contribution >= 4 is 11.6 Å². The van der Waals surface area contributed by atoms with Gasteiger partial charge in [-0.15, -0.1) is 0 Å². The maximum Gasteiger partial charge on any atom is 0.0409 e. The topological polar surface area (TPSA) is 38.0 Å². The SMILES string of the molecule is NC1CC(NCc2cccc(Cl)c2)C1. The first-order valence-electron chi connectivity index (χ1n) is 4.97. The normalized spacial score (nSPS) is 25.9. The molecular weight excluding hydrogens is 196 g/mol. The van der Waals surface area contributed by atoms with Crippen LogP contribution in [-0.2, 0) is 6.54 Å². The molecule has 0 atom stereocenters. The standard InChI is InChI=1S/C11H15ClN2/c12-9-3-1-2-8(4-9)7-14-11-5-10(13)6-11/h1-4,10-11,14H,5-7,13H2. The predicted octanol–water partition coefficient (Wildman–Crippen LogP) is 1.92. The molecule has 2 nitrogen and oxygen atoms in total. The fraction of sp³-hybridized carbons (Fsp3) is 0.455. The molecule has 0 unspecified atom stereocenters. The minimum absolute atomic E-state index is 0.409. The number of nitrogens with two attached hydrogens (primary N) is 1. The molecule has 0 aromatic heterocycles. The van der Waals surface area contributed by atoms with E-state index < -0.39 is 0 Å². The third kappa shape index (κ3) is 2.47. The third-order valence-corrected chi connectivity index (χ3v) is 2.89. The molecule has 1 aromatic rings. The van der Waals surface area contributed by atoms with Gasteiger partial charge >= 0.3 is 0 Å². The van der Waals surface area contributed by atoms with Crippen LogP contribution < -0.4 is 11.1 Å². The third-order valence-electron chi connectivity index (χ3n) is 2.66. The molecule has 0 radical (unpaired) electrons. The smallest absolute Gasteiger partial charge is 0.0409 e. The van der Waals surface area contributed by atoms with Gasteiger partial charge in [-0.1, -0.05) is 23.7 Å². The molecule has 1 aliphatic carbocycles. The van der Waals surface area contributed by atoms with Gasteiger partial charge in [0.25, 0.3) is 0 Å². The highest BCUT2D eigenvalue weighted by atomic mass is 35.5. The molecule has 1 saturated carbocycles. The first-order chi connectivity index (χ1) is 6.74. The lowest BCUT2D eigenvalue weighted by Crippen LogP contribution is -2.48. The summed E-state index contributed by atoms with van der Waals surface area (Å²) in [7, 11) is 0. The van der Waals surface area contributed by atoms with Crippen LogP contribution in [0.2, 0.25) is 5.02 Å². The van der Waals surface area contributed by atoms with Gasteiger partial charge in [0, 0.05) is 23.7 Å². The van der Waals surface area contributed by atoms with E-state index in [9.17, 15) is 0 Å². The van der Waals surface area contributed by atoms with Crippen LogP contribution >= 0.6 is 11.6 Å². The summed E-state index contributed by atoms with van der Waals surface area (Å²) in [6.07, 6.45) is 2.20. The number of benzene rings is 1. The highest BCUT2D eigenvalue weighted by molar-refractivity contribution is 6.30. The van der Waals surface area contributed by atoms with Gasteiger partial charge in [-0.2, -0.15) is 0 Å². The van der Waals surface area contributed by atoms with Gasteiger partial charge in [0.2, 0.25) is 0 Å². The van der Waals surface area contributed by atoms with Crippen molar-refractivity contribution in [2.45, 2.75) is 31.5 Å². The summed E-state index contributed by atoms with van der Waals surface area (Å²) in [4.78, 5) is 0. The molecule has 3 N–H and O–H groups in total. The fourth-order valence-corrected chi connectivity index (χ4v) is 1.95. The van der Waals surface area contributed by atoms with E-state index in [1.165, 1.54) is 5.56 Å². The second-order valence-corrected chi connectivity index (χ2v) is 4.38. The van der Waals surface area contributed by atoms with Gasteiger partial charge in [-0.3, -0.25) is 0 Å². The van der Waals surface area contributed by atoms with Crippen molar-refractivity contribution in [3.8, 4) is 0 Å². The number of hydrogen-bond acceptors (Lipinski definition) is 2. The van der Waals surface area contributed by atoms with Crippen LogP contribution in [0.1, 0.15) is 18.4 Å². The van der Waals surface area contributed by atoms with Crippen molar-refractivity contribution in [1.82, 2.24) is 5.32 Å². The molecule has 0 aliphatic heterocycles. The Kier molecular flexibility index (Phi) is 3.06. The van der Waals surface area contributed by atoms with Gasteiger partial charge in [-0.25, -0.2) is 0 Å². The van der Waals surface area contributed by atoms with E-state index in [4.69, 9.17) is 17.3 Å². The molecule has 0 saturated heterocycles. The quantitative estimate of drug-likeness (QED) is 0.800. The highest BCUT2D eigenvalue weighted by Gasteiger charge is 2.24. The van der Waals surface area contributed by atoms with Gasteiger partial charge in [0.05, 0.1) is 0 Å². The molecule has 1 fully saturated rings. The van der Waals surface area contributed by atoms with Gasteiger partial charge in [0.15, 0.2) is 0 Å². The molecule has 0 heterocycles. The van der Waals surface area contributed by atoms with Crippen LogP contribution in [0, 0.1) is 0 Å². The number of hydrogen-bond donors (Lipinski definition) is 2. The van der Waals surface area contributed by atoms with E-state index in [2.05, 4.69) is 11.4 Å². The van der Waals surface area contributed by atoms with Crippen LogP contribution in [0.25, 0.3) is 0 Å². The molecule has 1 aliphatic rings. The van der Waals surface area contributed by atoms with Crippen LogP contribution in [-0.4, -0.2) is 12.1 Å². The predicted molar refractivity (Wildman–Crippen MR) is 59.3 cm³/mol. The minimum Gasteiger partial charge on any atom is -0.328 e. The second kappa shape index (κ2) is 4.30. The van der Waals surface area contributed by atoms with E-state index >= 15 is 0 Å². The van der Waals surface area contributed by atoms with Crippen LogP contribution in [0.4, 0.5) is 0 Å². The minimum atomic E-state index is 0.409. The molecule has 0 amide bonds. The Bertz CT molecular complexity index is 308. The average Bonchev–Trinajstić information content (AvgIpc) is 2.11. The maximum absolute atomic E-state index is 5.88. The Labute approximate surface area is 89.4 Å². The van der Waals surface area contributed by atoms with Crippen LogP contribution in [0.15, 0.2) is 24.3 Å². The van der Waals surface area contributed by atoms with Crippen molar-refractivity contribution in [2.75, 3.05) is 0 Å². The summed E-state index contributed by atoms with van der Waals surface area (Å²) in [5.41, 5.74) is 6.94. The summed E-state index contributed by atoms with van der Waals surface area (Å²) in [6.45, 7) is 0.887. The molecule has 2 rings (SSSR count). The summed E-state index contributed by atoms with van der Waals surface area (Å²) in [5, 5.41) is 4.25. The van der Waals surface area contributed by atoms with Crippen LogP contribution in [0.3, 0.4) is 0 Å². The van der Waals surface area contributed by atoms with E-state index in [0.717, 1.165) is 24.4 Å². The fourth-order valence-electron chi connectivity index (χ4n) is 1.74. The zero-order valence-corrected chi connectivity index (χ0v) is 8.80. The maximum atomic E-state index is 5.88. The Morgan fingerprint density at radius 2 is 2.21 bits per heavy atom. The number of rotatable bonds is 3. The van der Waals surface area contributed by atoms with Crippen molar-refractivity contribution in [3.05, 3.63) is 34.9 Å². The molecule has 1 aromatic carbocycles. The van der Waals surface area contributed by atoms with Crippen LogP contribution in [0.5, 0.6) is 0 Å². The zero-order valence-electron chi connectivity index (χ0n) is 8.04. The molecule has 14 heavy (non-hydrogen) atoms. The molecule has 0 spiro atoms. The first kappa shape index (κ1) is 9.97. The number of halogens is 1. The highest BCUT2D eigenvalue weighted by Crippen LogP contribution is 2.18. The van der Waals surface area contributed by atoms with Crippen molar-refractivity contribution in [2.24, 2.45) is 5.73 Å². The van der Waals surface area contributed by atoms with Gasteiger partial charge < -0.3 is 11.1 Å². The van der Waals surface area contributed by atoms with E-state index in [0.29, 0.717) is 12.1 Å². The van der Waals surface area contributed by atoms with Crippen molar-refractivity contribution in [1.29, 1.82) is 0 Å². The van der Waals surface area contributed by atoms with Crippen molar-refractivity contribution in [3.63, 3.8) is 0 Å². The Balaban J connectivity index is 1.80. The Morgan fingerprint density at radius 1 is 1.43 bits per heavy atom. The summed E-state index contributed by atoms with van der Waals surface area (Å²) in [5.74, 6) is 0. The monoisotopic (exact) mass is 210 g/mol. The summed E-state index contributed by atoms with van der Waals surface area (Å²) >= 11 is 5.88. The first-order valence-corrected chi connectivity index (χ1v) is 5.35. The Morgan fingerprint density at radius 3 is 2.86 bits per heavy atom. The summed E-state index contributed by atoms with van der Waals surface area (Å²) in [6, 6.07) is 8.96. The lowest BCUT2D eigenvalue weighted by Gasteiger charge is -2.33. The zero-order chi connectivity index (χ0) is 9.97. The van der Waals surface area contributed by atoms with E-state index in [1.807, 2.05) is 18.2 Å². The van der Waals surface area contributed by atoms with Gasteiger partial charge in [0.1, 0.15) is 0 Å². The lowest BCUT2D eigenvalue weighted by atomic mass is 9.87. The number of nitrogens with one attached hydrogen (secondary N) is 1. The molecule has 0 bridgehead atoms. The Hall–Kier alpha value is -0.570. The van der Waals surface area contributed by atoms with E-state index in [-0.39, 0.29) is 0 Å². The largest absolute Gasteiger partial charge is 0.328 e.